The third-order valence-electron chi connectivity index (χ3n) is 5.73. The number of nitrogens with zero attached hydrogens (tertiary/aromatic N) is 5. The van der Waals surface area contributed by atoms with Gasteiger partial charge in [0.2, 0.25) is 0 Å². The second kappa shape index (κ2) is 10.3. The summed E-state index contributed by atoms with van der Waals surface area (Å²) in [7, 11) is 0. The van der Waals surface area contributed by atoms with Gasteiger partial charge in [-0.3, -0.25) is 9.13 Å². The average Bonchev–Trinajstić information content (AvgIpc) is 3.35. The molecule has 196 valence electrons. The number of halogens is 5. The standard InChI is InChI=1S/C24H22Cl2F3N5O3/c1-13-21(15-6-8-16(25)9-7-15)33(11-19(36)24(27,28)29)23(37)32(13)12-20-30-22(14(2)35)34(31-20)18-5-3-4-17(26)10-18/h3-10,14,19,35-36H,11-12H2,1-2H3/t14-,19?/m0/s1. The topological polar surface area (TPSA) is 98.1 Å². The highest BCUT2D eigenvalue weighted by molar-refractivity contribution is 6.31. The molecule has 0 spiro atoms. The molecule has 0 bridgehead atoms. The summed E-state index contributed by atoms with van der Waals surface area (Å²) in [6.45, 7) is 1.87. The third kappa shape index (κ3) is 5.59. The second-order valence-electron chi connectivity index (χ2n) is 8.43. The van der Waals surface area contributed by atoms with E-state index in [0.717, 1.165) is 4.57 Å². The van der Waals surface area contributed by atoms with Crippen molar-refractivity contribution in [3.05, 3.63) is 86.4 Å². The minimum Gasteiger partial charge on any atom is -0.385 e. The van der Waals surface area contributed by atoms with Gasteiger partial charge >= 0.3 is 11.9 Å². The number of imidazole rings is 1. The van der Waals surface area contributed by atoms with Crippen LogP contribution < -0.4 is 5.69 Å². The molecular formula is C24H22Cl2F3N5O3. The van der Waals surface area contributed by atoms with Gasteiger partial charge in [-0.1, -0.05) is 41.4 Å². The van der Waals surface area contributed by atoms with Gasteiger partial charge < -0.3 is 10.2 Å². The minimum atomic E-state index is -4.92. The van der Waals surface area contributed by atoms with Gasteiger partial charge in [-0.15, -0.1) is 5.10 Å². The normalized spacial score (nSPS) is 13.6. The quantitative estimate of drug-likeness (QED) is 0.349. The van der Waals surface area contributed by atoms with Gasteiger partial charge in [0, 0.05) is 21.3 Å². The predicted octanol–water partition coefficient (Wildman–Crippen LogP) is 4.54. The zero-order valence-electron chi connectivity index (χ0n) is 19.6. The van der Waals surface area contributed by atoms with E-state index in [9.17, 15) is 28.2 Å². The van der Waals surface area contributed by atoms with E-state index in [4.69, 9.17) is 23.2 Å². The fraction of sp³-hybridized carbons (Fsp3) is 0.292. The van der Waals surface area contributed by atoms with E-state index < -0.39 is 30.6 Å². The van der Waals surface area contributed by atoms with Gasteiger partial charge in [0.15, 0.2) is 17.8 Å². The van der Waals surface area contributed by atoms with Crippen LogP contribution in [0.15, 0.2) is 53.3 Å². The average molecular weight is 556 g/mol. The van der Waals surface area contributed by atoms with Crippen LogP contribution in [0.5, 0.6) is 0 Å². The van der Waals surface area contributed by atoms with Crippen LogP contribution in [0.1, 0.15) is 30.4 Å². The van der Waals surface area contributed by atoms with E-state index in [1.807, 2.05) is 0 Å². The molecular weight excluding hydrogens is 534 g/mol. The highest BCUT2D eigenvalue weighted by Gasteiger charge is 2.39. The molecule has 2 aromatic carbocycles. The number of benzene rings is 2. The number of aromatic nitrogens is 5. The lowest BCUT2D eigenvalue weighted by atomic mass is 10.1. The van der Waals surface area contributed by atoms with Crippen LogP contribution in [0.25, 0.3) is 16.9 Å². The number of rotatable bonds is 7. The Kier molecular flexibility index (Phi) is 7.52. The van der Waals surface area contributed by atoms with Crippen molar-refractivity contribution in [3.63, 3.8) is 0 Å². The van der Waals surface area contributed by atoms with Crippen LogP contribution >= 0.6 is 23.2 Å². The monoisotopic (exact) mass is 555 g/mol. The molecule has 8 nitrogen and oxygen atoms in total. The molecule has 0 amide bonds. The molecule has 37 heavy (non-hydrogen) atoms. The van der Waals surface area contributed by atoms with Crippen LogP contribution in [0.4, 0.5) is 13.2 Å². The summed E-state index contributed by atoms with van der Waals surface area (Å²) in [5.41, 5.74) is 0.700. The van der Waals surface area contributed by atoms with Crippen molar-refractivity contribution in [2.24, 2.45) is 0 Å². The first kappa shape index (κ1) is 26.9. The van der Waals surface area contributed by atoms with Crippen LogP contribution in [-0.4, -0.2) is 46.4 Å². The van der Waals surface area contributed by atoms with Crippen molar-refractivity contribution in [2.75, 3.05) is 0 Å². The SMILES string of the molecule is Cc1c(-c2ccc(Cl)cc2)n(CC(O)C(F)(F)F)c(=O)n1Cc1nc([C@H](C)O)n(-c2cccc(Cl)c2)n1. The lowest BCUT2D eigenvalue weighted by Crippen LogP contribution is -2.37. The molecule has 4 aromatic rings. The molecule has 2 N–H and O–H groups in total. The molecule has 2 heterocycles. The molecule has 2 aromatic heterocycles. The Bertz CT molecular complexity index is 1480. The number of aliphatic hydroxyl groups is 2. The molecule has 13 heteroatoms. The summed E-state index contributed by atoms with van der Waals surface area (Å²) in [6.07, 6.45) is -8.70. The summed E-state index contributed by atoms with van der Waals surface area (Å²) in [5, 5.41) is 25.2. The van der Waals surface area contributed by atoms with Crippen LogP contribution in [0, 0.1) is 6.92 Å². The van der Waals surface area contributed by atoms with E-state index in [-0.39, 0.29) is 23.9 Å². The Balaban J connectivity index is 1.82. The van der Waals surface area contributed by atoms with E-state index in [1.54, 1.807) is 55.5 Å². The summed E-state index contributed by atoms with van der Waals surface area (Å²) in [6, 6.07) is 12.9. The molecule has 0 aliphatic heterocycles. The lowest BCUT2D eigenvalue weighted by Gasteiger charge is -2.16. The molecule has 0 aliphatic rings. The number of hydrogen-bond donors (Lipinski definition) is 2. The van der Waals surface area contributed by atoms with Crippen LogP contribution in [0.3, 0.4) is 0 Å². The highest BCUT2D eigenvalue weighted by atomic mass is 35.5. The number of hydrogen-bond acceptors (Lipinski definition) is 5. The highest BCUT2D eigenvalue weighted by Crippen LogP contribution is 2.28. The first-order chi connectivity index (χ1) is 17.4. The molecule has 0 saturated carbocycles. The maximum atomic E-state index is 13.4. The van der Waals surface area contributed by atoms with E-state index in [1.165, 1.54) is 16.2 Å². The van der Waals surface area contributed by atoms with Crippen molar-refractivity contribution >= 4 is 23.2 Å². The van der Waals surface area contributed by atoms with E-state index in [2.05, 4.69) is 10.1 Å². The first-order valence-electron chi connectivity index (χ1n) is 11.1. The number of alkyl halides is 3. The fourth-order valence-corrected chi connectivity index (χ4v) is 4.27. The maximum absolute atomic E-state index is 13.4. The Labute approximate surface area is 219 Å². The Morgan fingerprint density at radius 1 is 1.03 bits per heavy atom. The van der Waals surface area contributed by atoms with Gasteiger partial charge in [0.05, 0.1) is 24.5 Å². The third-order valence-corrected chi connectivity index (χ3v) is 6.22. The predicted molar refractivity (Wildman–Crippen MR) is 132 cm³/mol. The summed E-state index contributed by atoms with van der Waals surface area (Å²) >= 11 is 12.0. The molecule has 0 aliphatic carbocycles. The van der Waals surface area contributed by atoms with Crippen molar-refractivity contribution in [1.82, 2.24) is 23.9 Å². The van der Waals surface area contributed by atoms with Crippen molar-refractivity contribution in [2.45, 2.75) is 45.3 Å². The van der Waals surface area contributed by atoms with Crippen LogP contribution in [0.2, 0.25) is 10.0 Å². The lowest BCUT2D eigenvalue weighted by molar-refractivity contribution is -0.207. The van der Waals surface area contributed by atoms with Gasteiger partial charge in [0.1, 0.15) is 6.10 Å². The van der Waals surface area contributed by atoms with Crippen LogP contribution in [-0.2, 0) is 13.1 Å². The van der Waals surface area contributed by atoms with E-state index >= 15 is 0 Å². The Morgan fingerprint density at radius 2 is 1.70 bits per heavy atom. The molecule has 2 atom stereocenters. The second-order valence-corrected chi connectivity index (χ2v) is 9.30. The molecule has 0 fully saturated rings. The largest absolute Gasteiger partial charge is 0.416 e. The Hall–Kier alpha value is -3.12. The maximum Gasteiger partial charge on any atom is 0.416 e. The summed E-state index contributed by atoms with van der Waals surface area (Å²) in [5.74, 6) is 0.324. The summed E-state index contributed by atoms with van der Waals surface area (Å²) in [4.78, 5) is 17.7. The van der Waals surface area contributed by atoms with Crippen molar-refractivity contribution in [1.29, 1.82) is 0 Å². The Morgan fingerprint density at radius 3 is 2.30 bits per heavy atom. The summed E-state index contributed by atoms with van der Waals surface area (Å²) < 4.78 is 43.0. The first-order valence-corrected chi connectivity index (χ1v) is 11.8. The minimum absolute atomic E-state index is 0.136. The fourth-order valence-electron chi connectivity index (χ4n) is 3.96. The molecule has 0 saturated heterocycles. The molecule has 0 radical (unpaired) electrons. The number of aliphatic hydroxyl groups excluding tert-OH is 2. The van der Waals surface area contributed by atoms with Gasteiger partial charge in [-0.2, -0.15) is 13.2 Å². The van der Waals surface area contributed by atoms with E-state index in [0.29, 0.717) is 27.0 Å². The smallest absolute Gasteiger partial charge is 0.385 e. The molecule has 4 rings (SSSR count). The van der Waals surface area contributed by atoms with Crippen molar-refractivity contribution < 1.29 is 23.4 Å². The van der Waals surface area contributed by atoms with Gasteiger partial charge in [-0.25, -0.2) is 14.5 Å². The molecule has 1 unspecified atom stereocenters. The zero-order chi connectivity index (χ0) is 27.1. The zero-order valence-corrected chi connectivity index (χ0v) is 21.1. The van der Waals surface area contributed by atoms with Gasteiger partial charge in [0.25, 0.3) is 0 Å². The van der Waals surface area contributed by atoms with Gasteiger partial charge in [-0.05, 0) is 44.2 Å². The van der Waals surface area contributed by atoms with Crippen molar-refractivity contribution in [3.8, 4) is 16.9 Å².